The van der Waals surface area contributed by atoms with Crippen LogP contribution < -0.4 is 10.2 Å². The normalized spacial score (nSPS) is 18.2. The minimum Gasteiger partial charge on any atom is -0.362 e. The fourth-order valence-electron chi connectivity index (χ4n) is 5.94. The smallest absolute Gasteiger partial charge is 0.152 e. The highest BCUT2D eigenvalue weighted by Gasteiger charge is 2.29. The zero-order valence-corrected chi connectivity index (χ0v) is 27.1. The lowest BCUT2D eigenvalue weighted by atomic mass is 9.96. The van der Waals surface area contributed by atoms with Crippen molar-refractivity contribution in [2.24, 2.45) is 5.92 Å². The van der Waals surface area contributed by atoms with Crippen LogP contribution in [0.4, 0.5) is 11.6 Å². The van der Waals surface area contributed by atoms with Gasteiger partial charge in [-0.3, -0.25) is 0 Å². The summed E-state index contributed by atoms with van der Waals surface area (Å²) in [6, 6.07) is 15.3. The standard InChI is InChI=1S/C32H41N7O2S2/c1-22(29-9-10-30(42-29)26-8-6-5-7-25(26)21-37(3)4)34-32-27-17-31(33-18-28(27)35-23(2)36-32)39-19-24(20-39)11-12-38-13-15-43(40,41)16-14-38/h5-10,17-18,22,24H,11-16,19-21H2,1-4H3,(H,34,35,36). The van der Waals surface area contributed by atoms with Gasteiger partial charge in [-0.15, -0.1) is 11.3 Å². The molecule has 3 aromatic heterocycles. The molecule has 2 fully saturated rings. The number of anilines is 2. The molecule has 43 heavy (non-hydrogen) atoms. The summed E-state index contributed by atoms with van der Waals surface area (Å²) >= 11 is 1.82. The van der Waals surface area contributed by atoms with E-state index in [1.165, 1.54) is 20.9 Å². The average molecular weight is 620 g/mol. The van der Waals surface area contributed by atoms with Gasteiger partial charge in [-0.2, -0.15) is 0 Å². The summed E-state index contributed by atoms with van der Waals surface area (Å²) in [5, 5.41) is 4.66. The third kappa shape index (κ3) is 7.01. The molecule has 228 valence electrons. The number of thiophene rings is 1. The number of benzene rings is 1. The Labute approximate surface area is 258 Å². The highest BCUT2D eigenvalue weighted by atomic mass is 32.2. The molecule has 4 aromatic rings. The summed E-state index contributed by atoms with van der Waals surface area (Å²) in [5.74, 6) is 3.68. The van der Waals surface area contributed by atoms with E-state index in [0.29, 0.717) is 30.5 Å². The Morgan fingerprint density at radius 1 is 1.09 bits per heavy atom. The summed E-state index contributed by atoms with van der Waals surface area (Å²) in [6.07, 6.45) is 2.95. The molecule has 0 bridgehead atoms. The fraction of sp³-hybridized carbons (Fsp3) is 0.469. The van der Waals surface area contributed by atoms with Crippen LogP contribution in [-0.2, 0) is 16.4 Å². The Balaban J connectivity index is 1.13. The molecular weight excluding hydrogens is 579 g/mol. The Morgan fingerprint density at radius 2 is 1.86 bits per heavy atom. The molecule has 5 heterocycles. The van der Waals surface area contributed by atoms with E-state index in [4.69, 9.17) is 9.97 Å². The van der Waals surface area contributed by atoms with E-state index in [9.17, 15) is 8.42 Å². The number of rotatable bonds is 10. The summed E-state index contributed by atoms with van der Waals surface area (Å²) in [5.41, 5.74) is 3.46. The van der Waals surface area contributed by atoms with Gasteiger partial charge in [0.2, 0.25) is 0 Å². The van der Waals surface area contributed by atoms with Crippen molar-refractivity contribution < 1.29 is 8.42 Å². The van der Waals surface area contributed by atoms with Gasteiger partial charge in [-0.1, -0.05) is 24.3 Å². The van der Waals surface area contributed by atoms with Crippen molar-refractivity contribution in [1.29, 1.82) is 0 Å². The second-order valence-corrected chi connectivity index (χ2v) is 15.6. The fourth-order valence-corrected chi connectivity index (χ4v) is 8.29. The predicted molar refractivity (Wildman–Crippen MR) is 177 cm³/mol. The number of sulfone groups is 1. The van der Waals surface area contributed by atoms with Crippen LogP contribution in [0.5, 0.6) is 0 Å². The minimum atomic E-state index is -2.83. The number of hydrogen-bond donors (Lipinski definition) is 1. The molecule has 1 unspecified atom stereocenters. The predicted octanol–water partition coefficient (Wildman–Crippen LogP) is 4.85. The molecule has 2 saturated heterocycles. The number of aromatic nitrogens is 3. The Bertz CT molecular complexity index is 1690. The highest BCUT2D eigenvalue weighted by molar-refractivity contribution is 7.91. The molecule has 0 spiro atoms. The monoisotopic (exact) mass is 619 g/mol. The number of nitrogens with zero attached hydrogens (tertiary/aromatic N) is 6. The molecule has 0 saturated carbocycles. The molecule has 2 aliphatic rings. The van der Waals surface area contributed by atoms with Gasteiger partial charge in [0.25, 0.3) is 0 Å². The Morgan fingerprint density at radius 3 is 2.63 bits per heavy atom. The molecule has 11 heteroatoms. The molecule has 1 aromatic carbocycles. The van der Waals surface area contributed by atoms with Crippen LogP contribution in [0.3, 0.4) is 0 Å². The summed E-state index contributed by atoms with van der Waals surface area (Å²) in [6.45, 7) is 9.22. The van der Waals surface area contributed by atoms with Crippen LogP contribution in [0.15, 0.2) is 48.7 Å². The minimum absolute atomic E-state index is 0.0760. The second kappa shape index (κ2) is 12.5. The molecule has 1 atom stereocenters. The first-order valence-electron chi connectivity index (χ1n) is 15.0. The van der Waals surface area contributed by atoms with Gasteiger partial charge >= 0.3 is 0 Å². The first-order valence-corrected chi connectivity index (χ1v) is 17.7. The zero-order chi connectivity index (χ0) is 30.1. The van der Waals surface area contributed by atoms with Gasteiger partial charge in [0.1, 0.15) is 17.5 Å². The second-order valence-electron chi connectivity index (χ2n) is 12.2. The first kappa shape index (κ1) is 29.9. The van der Waals surface area contributed by atoms with Crippen LogP contribution in [-0.4, -0.2) is 91.5 Å². The number of hydrogen-bond acceptors (Lipinski definition) is 10. The Hall–Kier alpha value is -3.12. The maximum atomic E-state index is 11.7. The van der Waals surface area contributed by atoms with Crippen LogP contribution in [0.25, 0.3) is 21.3 Å². The van der Waals surface area contributed by atoms with Crippen LogP contribution in [0, 0.1) is 12.8 Å². The topological polar surface area (TPSA) is 94.6 Å². The number of nitrogens with one attached hydrogen (secondary N) is 1. The highest BCUT2D eigenvalue weighted by Crippen LogP contribution is 2.36. The third-order valence-electron chi connectivity index (χ3n) is 8.43. The molecular formula is C32H41N7O2S2. The molecule has 1 N–H and O–H groups in total. The van der Waals surface area contributed by atoms with Crippen molar-refractivity contribution in [1.82, 2.24) is 24.8 Å². The van der Waals surface area contributed by atoms with Crippen LogP contribution in [0.1, 0.15) is 35.7 Å². The van der Waals surface area contributed by atoms with Crippen molar-refractivity contribution in [2.45, 2.75) is 32.9 Å². The van der Waals surface area contributed by atoms with Gasteiger partial charge in [0, 0.05) is 47.9 Å². The van der Waals surface area contributed by atoms with E-state index in [0.717, 1.165) is 61.0 Å². The van der Waals surface area contributed by atoms with Crippen molar-refractivity contribution in [2.75, 3.05) is 68.5 Å². The Kier molecular flexibility index (Phi) is 8.68. The van der Waals surface area contributed by atoms with Gasteiger partial charge in [0.05, 0.1) is 29.3 Å². The SMILES string of the molecule is Cc1nc(NC(C)c2ccc(-c3ccccc3CN(C)C)s2)c2cc(N3CC(CCN4CCS(=O)(=O)CC4)C3)ncc2n1. The number of pyridine rings is 1. The van der Waals surface area contributed by atoms with Crippen molar-refractivity contribution in [3.8, 4) is 10.4 Å². The summed E-state index contributed by atoms with van der Waals surface area (Å²) in [7, 11) is 1.38. The maximum absolute atomic E-state index is 11.7. The number of fused-ring (bicyclic) bond motifs is 1. The largest absolute Gasteiger partial charge is 0.362 e. The molecule has 0 aliphatic carbocycles. The van der Waals surface area contributed by atoms with Crippen molar-refractivity contribution in [3.05, 3.63) is 64.9 Å². The number of aryl methyl sites for hydroxylation is 1. The molecule has 6 rings (SSSR count). The van der Waals surface area contributed by atoms with Gasteiger partial charge in [-0.05, 0) is 76.2 Å². The van der Waals surface area contributed by atoms with Gasteiger partial charge in [-0.25, -0.2) is 23.4 Å². The van der Waals surface area contributed by atoms with Crippen LogP contribution in [0.2, 0.25) is 0 Å². The first-order chi connectivity index (χ1) is 20.6. The molecule has 2 aliphatic heterocycles. The van der Waals surface area contributed by atoms with E-state index >= 15 is 0 Å². The molecule has 0 radical (unpaired) electrons. The molecule has 9 nitrogen and oxygen atoms in total. The maximum Gasteiger partial charge on any atom is 0.152 e. The van der Waals surface area contributed by atoms with E-state index in [-0.39, 0.29) is 6.04 Å². The average Bonchev–Trinajstić information content (AvgIpc) is 3.43. The van der Waals surface area contributed by atoms with Crippen molar-refractivity contribution >= 4 is 43.7 Å². The lowest BCUT2D eigenvalue weighted by Gasteiger charge is -2.41. The van der Waals surface area contributed by atoms with Gasteiger partial charge in [0.15, 0.2) is 9.84 Å². The quantitative estimate of drug-likeness (QED) is 0.267. The van der Waals surface area contributed by atoms with Gasteiger partial charge < -0.3 is 20.0 Å². The van der Waals surface area contributed by atoms with Crippen LogP contribution >= 0.6 is 11.3 Å². The van der Waals surface area contributed by atoms with E-state index in [1.807, 2.05) is 24.5 Å². The lowest BCUT2D eigenvalue weighted by Crippen LogP contribution is -2.49. The zero-order valence-electron chi connectivity index (χ0n) is 25.5. The van der Waals surface area contributed by atoms with E-state index < -0.39 is 9.84 Å². The summed E-state index contributed by atoms with van der Waals surface area (Å²) in [4.78, 5) is 23.5. The lowest BCUT2D eigenvalue weighted by molar-refractivity contribution is 0.253. The van der Waals surface area contributed by atoms with Crippen molar-refractivity contribution in [3.63, 3.8) is 0 Å². The van der Waals surface area contributed by atoms with E-state index in [1.54, 1.807) is 0 Å². The summed E-state index contributed by atoms with van der Waals surface area (Å²) < 4.78 is 23.4. The third-order valence-corrected chi connectivity index (χ3v) is 11.3. The van der Waals surface area contributed by atoms with E-state index in [2.05, 4.69) is 88.5 Å². The molecule has 0 amide bonds.